The molecule has 148 valence electrons. The van der Waals surface area contributed by atoms with Gasteiger partial charge >= 0.3 is 6.09 Å². The molecule has 2 rings (SSSR count). The highest BCUT2D eigenvalue weighted by molar-refractivity contribution is 7.19. The van der Waals surface area contributed by atoms with Crippen LogP contribution in [-0.4, -0.2) is 23.6 Å². The number of hydrogen-bond acceptors (Lipinski definition) is 5. The Kier molecular flexibility index (Phi) is 6.65. The second kappa shape index (κ2) is 8.40. The molecule has 2 aromatic rings. The van der Waals surface area contributed by atoms with Gasteiger partial charge < -0.3 is 4.74 Å². The van der Waals surface area contributed by atoms with Crippen LogP contribution in [0.2, 0.25) is 0 Å². The largest absolute Gasteiger partial charge is 0.444 e. The van der Waals surface area contributed by atoms with Crippen LogP contribution in [0.25, 0.3) is 10.1 Å². The van der Waals surface area contributed by atoms with E-state index in [1.165, 1.54) is 20.5 Å². The lowest BCUT2D eigenvalue weighted by atomic mass is 10.0. The van der Waals surface area contributed by atoms with Crippen LogP contribution in [0.5, 0.6) is 0 Å². The van der Waals surface area contributed by atoms with Gasteiger partial charge in [-0.05, 0) is 57.6 Å². The van der Waals surface area contributed by atoms with Crippen molar-refractivity contribution in [2.45, 2.75) is 66.2 Å². The topological polar surface area (TPSA) is 67.4 Å². The van der Waals surface area contributed by atoms with Gasteiger partial charge in [0.25, 0.3) is 0 Å². The molecule has 2 N–H and O–H groups in total. The van der Waals surface area contributed by atoms with E-state index in [1.807, 2.05) is 32.9 Å². The summed E-state index contributed by atoms with van der Waals surface area (Å²) in [5, 5.41) is 6.99. The Hall–Kier alpha value is -1.92. The number of imide groups is 1. The number of carbonyl (C=O) groups is 2. The van der Waals surface area contributed by atoms with E-state index in [2.05, 4.69) is 29.7 Å². The van der Waals surface area contributed by atoms with Gasteiger partial charge in [-0.25, -0.2) is 4.79 Å². The molecule has 5 nitrogen and oxygen atoms in total. The summed E-state index contributed by atoms with van der Waals surface area (Å²) in [6.45, 7) is 13.4. The second-order valence-corrected chi connectivity index (χ2v) is 9.27. The Morgan fingerprint density at radius 1 is 1.11 bits per heavy atom. The molecule has 0 saturated heterocycles. The molecule has 0 bridgehead atoms. The van der Waals surface area contributed by atoms with Crippen LogP contribution < -0.4 is 10.6 Å². The van der Waals surface area contributed by atoms with Crippen LogP contribution in [0, 0.1) is 12.8 Å². The maximum absolute atomic E-state index is 12.6. The average Bonchev–Trinajstić information content (AvgIpc) is 2.87. The number of hydrogen-bond donors (Lipinski definition) is 2. The molecule has 0 radical (unpaired) electrons. The minimum atomic E-state index is -0.717. The molecule has 2 amide bonds. The number of rotatable bonds is 5. The van der Waals surface area contributed by atoms with Crippen LogP contribution >= 0.6 is 11.3 Å². The Morgan fingerprint density at radius 2 is 1.74 bits per heavy atom. The van der Waals surface area contributed by atoms with Gasteiger partial charge in [-0.15, -0.1) is 11.3 Å². The number of aryl methyl sites for hydroxylation is 1. The van der Waals surface area contributed by atoms with Crippen LogP contribution in [-0.2, 0) is 9.53 Å². The number of ether oxygens (including phenoxy) is 1. The summed E-state index contributed by atoms with van der Waals surface area (Å²) in [5.41, 5.74) is 0.581. The standard InChI is InChI=1S/C21H30N2O3S/c1-12(2)17(19(24)23-20(25)26-21(5,6)7)22-14(4)18-13(3)15-10-8-9-11-16(15)27-18/h8-12,14,17,22H,1-7H3,(H,23,24,25)/t14?,17-/m0/s1. The van der Waals surface area contributed by atoms with Gasteiger partial charge in [0.15, 0.2) is 0 Å². The highest BCUT2D eigenvalue weighted by Crippen LogP contribution is 2.34. The van der Waals surface area contributed by atoms with Gasteiger partial charge in [0.2, 0.25) is 5.91 Å². The summed E-state index contributed by atoms with van der Waals surface area (Å²) in [6.07, 6.45) is -0.717. The van der Waals surface area contributed by atoms with Crippen molar-refractivity contribution in [3.05, 3.63) is 34.7 Å². The van der Waals surface area contributed by atoms with E-state index in [0.29, 0.717) is 0 Å². The van der Waals surface area contributed by atoms with E-state index in [4.69, 9.17) is 4.74 Å². The van der Waals surface area contributed by atoms with Crippen molar-refractivity contribution in [3.63, 3.8) is 0 Å². The maximum atomic E-state index is 12.6. The number of fused-ring (bicyclic) bond motifs is 1. The summed E-state index contributed by atoms with van der Waals surface area (Å²) in [4.78, 5) is 25.8. The molecule has 0 aliphatic rings. The van der Waals surface area contributed by atoms with E-state index >= 15 is 0 Å². The lowest BCUT2D eigenvalue weighted by Crippen LogP contribution is -2.50. The summed E-state index contributed by atoms with van der Waals surface area (Å²) in [5.74, 6) is -0.352. The summed E-state index contributed by atoms with van der Waals surface area (Å²) >= 11 is 1.73. The molecule has 27 heavy (non-hydrogen) atoms. The average molecular weight is 391 g/mol. The van der Waals surface area contributed by atoms with Crippen molar-refractivity contribution in [2.24, 2.45) is 5.92 Å². The monoisotopic (exact) mass is 390 g/mol. The fourth-order valence-corrected chi connectivity index (χ4v) is 4.23. The van der Waals surface area contributed by atoms with Gasteiger partial charge in [-0.1, -0.05) is 32.0 Å². The van der Waals surface area contributed by atoms with Gasteiger partial charge in [0.1, 0.15) is 5.60 Å². The van der Waals surface area contributed by atoms with Crippen LogP contribution in [0.4, 0.5) is 4.79 Å². The zero-order valence-electron chi connectivity index (χ0n) is 17.2. The Balaban J connectivity index is 2.13. The number of alkyl carbamates (subject to hydrolysis) is 1. The zero-order valence-corrected chi connectivity index (χ0v) is 18.0. The first-order valence-electron chi connectivity index (χ1n) is 9.27. The molecule has 1 unspecified atom stereocenters. The van der Waals surface area contributed by atoms with Crippen molar-refractivity contribution in [1.82, 2.24) is 10.6 Å². The normalized spacial score (nSPS) is 14.2. The molecule has 0 aliphatic heterocycles. The Morgan fingerprint density at radius 3 is 2.30 bits per heavy atom. The summed E-state index contributed by atoms with van der Waals surface area (Å²) in [7, 11) is 0. The van der Waals surface area contributed by atoms with Crippen molar-refractivity contribution in [3.8, 4) is 0 Å². The maximum Gasteiger partial charge on any atom is 0.414 e. The van der Waals surface area contributed by atoms with E-state index in [0.717, 1.165) is 0 Å². The first kappa shape index (κ1) is 21.4. The Bertz CT molecular complexity index is 820. The number of benzene rings is 1. The van der Waals surface area contributed by atoms with Crippen LogP contribution in [0.15, 0.2) is 24.3 Å². The molecule has 1 heterocycles. The molecular formula is C21H30N2O3S. The SMILES string of the molecule is Cc1c(C(C)N[C@H](C(=O)NC(=O)OC(C)(C)C)C(C)C)sc2ccccc12. The number of nitrogens with one attached hydrogen (secondary N) is 2. The minimum Gasteiger partial charge on any atom is -0.444 e. The third kappa shape index (κ3) is 5.53. The number of thiophene rings is 1. The van der Waals surface area contributed by atoms with Crippen LogP contribution in [0.1, 0.15) is 58.0 Å². The van der Waals surface area contributed by atoms with Crippen molar-refractivity contribution in [2.75, 3.05) is 0 Å². The van der Waals surface area contributed by atoms with E-state index in [-0.39, 0.29) is 17.9 Å². The first-order valence-corrected chi connectivity index (χ1v) is 10.1. The van der Waals surface area contributed by atoms with Gasteiger partial charge in [0.05, 0.1) is 6.04 Å². The molecule has 6 heteroatoms. The second-order valence-electron chi connectivity index (χ2n) is 8.19. The molecule has 0 aliphatic carbocycles. The van der Waals surface area contributed by atoms with Crippen molar-refractivity contribution >= 4 is 33.4 Å². The predicted octanol–water partition coefficient (Wildman–Crippen LogP) is 4.94. The van der Waals surface area contributed by atoms with Crippen molar-refractivity contribution < 1.29 is 14.3 Å². The first-order chi connectivity index (χ1) is 12.5. The Labute approximate surface area is 165 Å². The van der Waals surface area contributed by atoms with E-state index in [9.17, 15) is 9.59 Å². The number of amides is 2. The smallest absolute Gasteiger partial charge is 0.414 e. The fourth-order valence-electron chi connectivity index (χ4n) is 3.00. The van der Waals surface area contributed by atoms with E-state index < -0.39 is 17.7 Å². The molecule has 2 atom stereocenters. The highest BCUT2D eigenvalue weighted by atomic mass is 32.1. The summed E-state index contributed by atoms with van der Waals surface area (Å²) < 4.78 is 6.42. The van der Waals surface area contributed by atoms with E-state index in [1.54, 1.807) is 32.1 Å². The molecule has 1 aromatic heterocycles. The molecular weight excluding hydrogens is 360 g/mol. The zero-order chi connectivity index (χ0) is 20.4. The quantitative estimate of drug-likeness (QED) is 0.759. The minimum absolute atomic E-state index is 0.0146. The predicted molar refractivity (Wildman–Crippen MR) is 111 cm³/mol. The lowest BCUT2D eigenvalue weighted by molar-refractivity contribution is -0.124. The third-order valence-electron chi connectivity index (χ3n) is 4.28. The van der Waals surface area contributed by atoms with Gasteiger partial charge in [0, 0.05) is 15.6 Å². The highest BCUT2D eigenvalue weighted by Gasteiger charge is 2.28. The van der Waals surface area contributed by atoms with Gasteiger partial charge in [-0.2, -0.15) is 0 Å². The molecule has 0 fully saturated rings. The summed E-state index contributed by atoms with van der Waals surface area (Å²) in [6, 6.07) is 7.78. The lowest BCUT2D eigenvalue weighted by Gasteiger charge is -2.26. The van der Waals surface area contributed by atoms with Crippen molar-refractivity contribution in [1.29, 1.82) is 0 Å². The van der Waals surface area contributed by atoms with Gasteiger partial charge in [-0.3, -0.25) is 15.4 Å². The fraction of sp³-hybridized carbons (Fsp3) is 0.524. The molecule has 0 saturated carbocycles. The molecule has 1 aromatic carbocycles. The molecule has 0 spiro atoms. The third-order valence-corrected chi connectivity index (χ3v) is 5.73. The number of carbonyl (C=O) groups excluding carboxylic acids is 2. The van der Waals surface area contributed by atoms with Crippen LogP contribution in [0.3, 0.4) is 0 Å².